The molecule has 144 valence electrons. The van der Waals surface area contributed by atoms with Gasteiger partial charge in [0.15, 0.2) is 4.80 Å². The lowest BCUT2D eigenvalue weighted by Gasteiger charge is -2.12. The van der Waals surface area contributed by atoms with Gasteiger partial charge in [-0.15, -0.1) is 17.9 Å². The van der Waals surface area contributed by atoms with Crippen molar-refractivity contribution in [3.8, 4) is 22.8 Å². The van der Waals surface area contributed by atoms with E-state index in [1.807, 2.05) is 28.1 Å². The van der Waals surface area contributed by atoms with Crippen LogP contribution in [0.2, 0.25) is 0 Å². The van der Waals surface area contributed by atoms with Gasteiger partial charge >= 0.3 is 0 Å². The Labute approximate surface area is 166 Å². The molecule has 0 saturated heterocycles. The highest BCUT2D eigenvalue weighted by Gasteiger charge is 2.15. The van der Waals surface area contributed by atoms with Gasteiger partial charge in [0.2, 0.25) is 0 Å². The SMILES string of the molecule is C=CCn1c(-c2cc(OC)ccc2OC)csc1=Nc1ccccc1[N+](=O)[O-]. The molecule has 2 aromatic carbocycles. The Morgan fingerprint density at radius 3 is 2.71 bits per heavy atom. The number of nitro benzene ring substituents is 1. The van der Waals surface area contributed by atoms with Gasteiger partial charge in [0, 0.05) is 23.6 Å². The summed E-state index contributed by atoms with van der Waals surface area (Å²) in [6.07, 6.45) is 1.75. The van der Waals surface area contributed by atoms with Gasteiger partial charge in [-0.3, -0.25) is 10.1 Å². The monoisotopic (exact) mass is 397 g/mol. The van der Waals surface area contributed by atoms with E-state index >= 15 is 0 Å². The standard InChI is InChI=1S/C20H19N3O4S/c1-4-11-22-18(15-12-14(26-2)9-10-19(15)27-3)13-28-20(22)21-16-7-5-6-8-17(16)23(24)25/h4-10,12-13H,1,11H2,2-3H3. The van der Waals surface area contributed by atoms with Crippen molar-refractivity contribution >= 4 is 22.7 Å². The van der Waals surface area contributed by atoms with E-state index < -0.39 is 4.92 Å². The van der Waals surface area contributed by atoms with Gasteiger partial charge < -0.3 is 14.0 Å². The topological polar surface area (TPSA) is 78.9 Å². The van der Waals surface area contributed by atoms with Crippen LogP contribution in [0.5, 0.6) is 11.5 Å². The van der Waals surface area contributed by atoms with Crippen LogP contribution in [0.3, 0.4) is 0 Å². The van der Waals surface area contributed by atoms with Crippen LogP contribution >= 0.6 is 11.3 Å². The molecular formula is C20H19N3O4S. The molecule has 0 spiro atoms. The molecule has 0 radical (unpaired) electrons. The average Bonchev–Trinajstić information content (AvgIpc) is 3.10. The number of benzene rings is 2. The maximum atomic E-state index is 11.3. The minimum Gasteiger partial charge on any atom is -0.497 e. The Kier molecular flexibility index (Phi) is 5.90. The largest absolute Gasteiger partial charge is 0.497 e. The third-order valence-electron chi connectivity index (χ3n) is 4.09. The van der Waals surface area contributed by atoms with Gasteiger partial charge in [-0.25, -0.2) is 4.99 Å². The van der Waals surface area contributed by atoms with Crippen molar-refractivity contribution in [2.75, 3.05) is 14.2 Å². The first-order valence-electron chi connectivity index (χ1n) is 8.38. The van der Waals surface area contributed by atoms with Crippen molar-refractivity contribution in [1.82, 2.24) is 4.57 Å². The van der Waals surface area contributed by atoms with Crippen molar-refractivity contribution in [3.05, 3.63) is 75.4 Å². The van der Waals surface area contributed by atoms with Gasteiger partial charge in [-0.2, -0.15) is 0 Å². The number of allylic oxidation sites excluding steroid dienone is 1. The minimum absolute atomic E-state index is 0.0402. The first-order valence-corrected chi connectivity index (χ1v) is 9.26. The Hall–Kier alpha value is -3.39. The van der Waals surface area contributed by atoms with E-state index in [1.54, 1.807) is 38.5 Å². The molecule has 28 heavy (non-hydrogen) atoms. The summed E-state index contributed by atoms with van der Waals surface area (Å²) < 4.78 is 12.8. The molecule has 0 bridgehead atoms. The second kappa shape index (κ2) is 8.53. The lowest BCUT2D eigenvalue weighted by Crippen LogP contribution is -2.15. The number of hydrogen-bond acceptors (Lipinski definition) is 6. The van der Waals surface area contributed by atoms with Crippen LogP contribution in [0.25, 0.3) is 11.3 Å². The lowest BCUT2D eigenvalue weighted by atomic mass is 10.1. The van der Waals surface area contributed by atoms with E-state index in [9.17, 15) is 10.1 Å². The molecule has 0 amide bonds. The van der Waals surface area contributed by atoms with Crippen molar-refractivity contribution in [2.45, 2.75) is 6.54 Å². The van der Waals surface area contributed by atoms with Crippen LogP contribution in [0.4, 0.5) is 11.4 Å². The molecule has 8 heteroatoms. The summed E-state index contributed by atoms with van der Waals surface area (Å²) in [6, 6.07) is 12.0. The fourth-order valence-corrected chi connectivity index (χ4v) is 3.69. The maximum absolute atomic E-state index is 11.3. The van der Waals surface area contributed by atoms with E-state index in [2.05, 4.69) is 11.6 Å². The van der Waals surface area contributed by atoms with Gasteiger partial charge in [0.1, 0.15) is 17.2 Å². The summed E-state index contributed by atoms with van der Waals surface area (Å²) in [5, 5.41) is 13.2. The smallest absolute Gasteiger partial charge is 0.294 e. The second-order valence-corrected chi connectivity index (χ2v) is 6.56. The van der Waals surface area contributed by atoms with Crippen LogP contribution in [0.1, 0.15) is 0 Å². The Balaban J connectivity index is 2.22. The third kappa shape index (κ3) is 3.81. The van der Waals surface area contributed by atoms with Crippen LogP contribution in [-0.2, 0) is 6.54 Å². The summed E-state index contributed by atoms with van der Waals surface area (Å²) in [5.41, 5.74) is 1.96. The lowest BCUT2D eigenvalue weighted by molar-refractivity contribution is -0.384. The number of aromatic nitrogens is 1. The number of rotatable bonds is 7. The highest BCUT2D eigenvalue weighted by Crippen LogP contribution is 2.34. The maximum Gasteiger partial charge on any atom is 0.294 e. The zero-order chi connectivity index (χ0) is 20.1. The normalized spacial score (nSPS) is 11.3. The minimum atomic E-state index is -0.434. The molecule has 0 saturated carbocycles. The van der Waals surface area contributed by atoms with Crippen molar-refractivity contribution in [1.29, 1.82) is 0 Å². The van der Waals surface area contributed by atoms with Gasteiger partial charge in [0.25, 0.3) is 5.69 Å². The summed E-state index contributed by atoms with van der Waals surface area (Å²) >= 11 is 1.39. The fourth-order valence-electron chi connectivity index (χ4n) is 2.77. The number of methoxy groups -OCH3 is 2. The second-order valence-electron chi connectivity index (χ2n) is 5.73. The molecule has 0 aliphatic rings. The predicted molar refractivity (Wildman–Crippen MR) is 109 cm³/mol. The third-order valence-corrected chi connectivity index (χ3v) is 4.95. The van der Waals surface area contributed by atoms with Gasteiger partial charge in [0.05, 0.1) is 24.8 Å². The highest BCUT2D eigenvalue weighted by atomic mass is 32.1. The molecule has 7 nitrogen and oxygen atoms in total. The van der Waals surface area contributed by atoms with Crippen LogP contribution < -0.4 is 14.3 Å². The Morgan fingerprint density at radius 1 is 1.25 bits per heavy atom. The fraction of sp³-hybridized carbons (Fsp3) is 0.150. The molecule has 0 atom stereocenters. The first kappa shape index (κ1) is 19.4. The van der Waals surface area contributed by atoms with Gasteiger partial charge in [-0.1, -0.05) is 18.2 Å². The summed E-state index contributed by atoms with van der Waals surface area (Å²) in [6.45, 7) is 4.30. The molecule has 3 rings (SSSR count). The molecular weight excluding hydrogens is 378 g/mol. The molecule has 3 aromatic rings. The van der Waals surface area contributed by atoms with E-state index in [0.29, 0.717) is 28.5 Å². The quantitative estimate of drug-likeness (QED) is 0.333. The van der Waals surface area contributed by atoms with E-state index in [-0.39, 0.29) is 5.69 Å². The van der Waals surface area contributed by atoms with Crippen molar-refractivity contribution < 1.29 is 14.4 Å². The molecule has 0 fully saturated rings. The number of para-hydroxylation sites is 2. The van der Waals surface area contributed by atoms with Crippen LogP contribution in [-0.4, -0.2) is 23.7 Å². The molecule has 0 unspecified atom stereocenters. The van der Waals surface area contributed by atoms with Gasteiger partial charge in [-0.05, 0) is 24.3 Å². The van der Waals surface area contributed by atoms with Crippen molar-refractivity contribution in [2.24, 2.45) is 4.99 Å². The molecule has 0 N–H and O–H groups in total. The molecule has 1 heterocycles. The van der Waals surface area contributed by atoms with Crippen LogP contribution in [0, 0.1) is 10.1 Å². The van der Waals surface area contributed by atoms with E-state index in [0.717, 1.165) is 11.3 Å². The average molecular weight is 397 g/mol. The highest BCUT2D eigenvalue weighted by molar-refractivity contribution is 7.07. The number of hydrogen-bond donors (Lipinski definition) is 0. The van der Waals surface area contributed by atoms with Crippen molar-refractivity contribution in [3.63, 3.8) is 0 Å². The molecule has 1 aromatic heterocycles. The first-order chi connectivity index (χ1) is 13.6. The zero-order valence-electron chi connectivity index (χ0n) is 15.5. The summed E-state index contributed by atoms with van der Waals surface area (Å²) in [4.78, 5) is 16.0. The predicted octanol–water partition coefficient (Wildman–Crippen LogP) is 4.56. The van der Waals surface area contributed by atoms with E-state index in [1.165, 1.54) is 17.4 Å². The number of nitrogens with zero attached hydrogens (tertiary/aromatic N) is 3. The van der Waals surface area contributed by atoms with Crippen LogP contribution in [0.15, 0.2) is 65.5 Å². The number of thiazole rings is 1. The van der Waals surface area contributed by atoms with E-state index in [4.69, 9.17) is 9.47 Å². The summed E-state index contributed by atoms with van der Waals surface area (Å²) in [5.74, 6) is 1.39. The number of ether oxygens (including phenoxy) is 2. The molecule has 0 aliphatic heterocycles. The molecule has 0 aliphatic carbocycles. The Bertz CT molecular complexity index is 1090. The number of nitro groups is 1. The summed E-state index contributed by atoms with van der Waals surface area (Å²) in [7, 11) is 3.21. The Morgan fingerprint density at radius 2 is 2.04 bits per heavy atom. The zero-order valence-corrected chi connectivity index (χ0v) is 16.3.